The Morgan fingerprint density at radius 3 is 1.88 bits per heavy atom. The van der Waals surface area contributed by atoms with Crippen LogP contribution < -0.4 is 4.74 Å². The van der Waals surface area contributed by atoms with Crippen molar-refractivity contribution < 1.29 is 27.0 Å². The molecule has 0 atom stereocenters. The zero-order chi connectivity index (χ0) is 13.0. The quantitative estimate of drug-likeness (QED) is 0.454. The molecule has 2 nitrogen and oxygen atoms in total. The second kappa shape index (κ2) is 5.55. The van der Waals surface area contributed by atoms with E-state index in [1.54, 1.807) is 0 Å². The van der Waals surface area contributed by atoms with Gasteiger partial charge in [0.1, 0.15) is 12.2 Å². The van der Waals surface area contributed by atoms with E-state index in [9.17, 15) is 17.6 Å². The largest absolute Gasteiger partial charge is 0.491 e. The number of methoxy groups -OCH3 is 2. The summed E-state index contributed by atoms with van der Waals surface area (Å²) in [4.78, 5) is 0. The highest BCUT2D eigenvalue weighted by Gasteiger charge is 2.25. The molecule has 6 heteroatoms. The molecule has 0 aliphatic carbocycles. The smallest absolute Gasteiger partial charge is 0.205 e. The maximum Gasteiger partial charge on any atom is 0.205 e. The van der Waals surface area contributed by atoms with Crippen LogP contribution in [0.2, 0.25) is 0 Å². The van der Waals surface area contributed by atoms with Gasteiger partial charge in [0, 0.05) is 7.11 Å². The lowest BCUT2D eigenvalue weighted by atomic mass is 10.1. The average molecular weight is 248 g/mol. The molecular formula is C11H8F4O2. The van der Waals surface area contributed by atoms with Gasteiger partial charge in [0.25, 0.3) is 0 Å². The first-order chi connectivity index (χ1) is 8.04. The summed E-state index contributed by atoms with van der Waals surface area (Å²) in [6, 6.07) is 0. The maximum absolute atomic E-state index is 13.3. The number of hydrogen-bond acceptors (Lipinski definition) is 2. The van der Waals surface area contributed by atoms with Crippen LogP contribution >= 0.6 is 0 Å². The molecule has 0 bridgehead atoms. The summed E-state index contributed by atoms with van der Waals surface area (Å²) < 4.78 is 61.8. The summed E-state index contributed by atoms with van der Waals surface area (Å²) in [5.74, 6) is -3.38. The van der Waals surface area contributed by atoms with Crippen molar-refractivity contribution in [1.82, 2.24) is 0 Å². The topological polar surface area (TPSA) is 18.5 Å². The molecule has 0 aliphatic heterocycles. The third kappa shape index (κ3) is 2.50. The number of rotatable bonds is 2. The minimum atomic E-state index is -1.62. The highest BCUT2D eigenvalue weighted by Crippen LogP contribution is 2.29. The fraction of sp³-hybridized carbons (Fsp3) is 0.273. The van der Waals surface area contributed by atoms with Gasteiger partial charge in [0.05, 0.1) is 7.11 Å². The van der Waals surface area contributed by atoms with E-state index in [4.69, 9.17) is 0 Å². The molecule has 0 radical (unpaired) electrons. The van der Waals surface area contributed by atoms with E-state index in [2.05, 4.69) is 15.4 Å². The molecule has 92 valence electrons. The van der Waals surface area contributed by atoms with Crippen LogP contribution in [0.1, 0.15) is 5.56 Å². The van der Waals surface area contributed by atoms with Crippen molar-refractivity contribution in [2.75, 3.05) is 20.8 Å². The Morgan fingerprint density at radius 2 is 1.47 bits per heavy atom. The van der Waals surface area contributed by atoms with Gasteiger partial charge < -0.3 is 9.47 Å². The van der Waals surface area contributed by atoms with Crippen molar-refractivity contribution in [3.8, 4) is 17.6 Å². The van der Waals surface area contributed by atoms with Crippen LogP contribution in [0.4, 0.5) is 17.6 Å². The van der Waals surface area contributed by atoms with Crippen LogP contribution in [-0.4, -0.2) is 20.8 Å². The fourth-order valence-corrected chi connectivity index (χ4v) is 1.10. The molecule has 1 aromatic rings. The van der Waals surface area contributed by atoms with Gasteiger partial charge in [-0.3, -0.25) is 0 Å². The van der Waals surface area contributed by atoms with Gasteiger partial charge in [-0.2, -0.15) is 8.78 Å². The lowest BCUT2D eigenvalue weighted by Gasteiger charge is -2.07. The van der Waals surface area contributed by atoms with Crippen LogP contribution in [0.15, 0.2) is 0 Å². The molecule has 0 saturated heterocycles. The van der Waals surface area contributed by atoms with E-state index in [1.807, 2.05) is 5.92 Å². The number of ether oxygens (including phenoxy) is 2. The van der Waals surface area contributed by atoms with E-state index < -0.39 is 34.6 Å². The van der Waals surface area contributed by atoms with Crippen molar-refractivity contribution in [2.45, 2.75) is 0 Å². The second-order valence-electron chi connectivity index (χ2n) is 2.90. The van der Waals surface area contributed by atoms with Crippen molar-refractivity contribution in [1.29, 1.82) is 0 Å². The molecule has 0 fully saturated rings. The number of halogens is 4. The van der Waals surface area contributed by atoms with Crippen molar-refractivity contribution in [3.63, 3.8) is 0 Å². The minimum Gasteiger partial charge on any atom is -0.491 e. The van der Waals surface area contributed by atoms with E-state index in [-0.39, 0.29) is 6.61 Å². The van der Waals surface area contributed by atoms with Crippen LogP contribution in [0.25, 0.3) is 0 Å². The van der Waals surface area contributed by atoms with Gasteiger partial charge in [0.2, 0.25) is 11.6 Å². The summed E-state index contributed by atoms with van der Waals surface area (Å²) in [7, 11) is 2.22. The molecule has 0 unspecified atom stereocenters. The first-order valence-electron chi connectivity index (χ1n) is 4.42. The lowest BCUT2D eigenvalue weighted by Crippen LogP contribution is -2.04. The van der Waals surface area contributed by atoms with Crippen LogP contribution in [-0.2, 0) is 4.74 Å². The highest BCUT2D eigenvalue weighted by molar-refractivity contribution is 5.43. The summed E-state index contributed by atoms with van der Waals surface area (Å²) in [5.41, 5.74) is -0.988. The molecule has 0 spiro atoms. The average Bonchev–Trinajstić information content (AvgIpc) is 2.32. The van der Waals surface area contributed by atoms with Gasteiger partial charge in [-0.1, -0.05) is 11.8 Å². The molecule has 0 heterocycles. The Morgan fingerprint density at radius 1 is 0.941 bits per heavy atom. The molecule has 0 N–H and O–H groups in total. The summed E-state index contributed by atoms with van der Waals surface area (Å²) in [6.45, 7) is -0.117. The molecule has 0 saturated carbocycles. The van der Waals surface area contributed by atoms with Gasteiger partial charge in [0.15, 0.2) is 17.4 Å². The Bertz CT molecular complexity index is 459. The zero-order valence-corrected chi connectivity index (χ0v) is 9.04. The highest BCUT2D eigenvalue weighted by atomic mass is 19.2. The summed E-state index contributed by atoms with van der Waals surface area (Å²) in [6.07, 6.45) is 0. The van der Waals surface area contributed by atoms with E-state index in [0.717, 1.165) is 7.11 Å². The Hall–Kier alpha value is -1.74. The Balaban J connectivity index is 3.39. The number of benzene rings is 1. The van der Waals surface area contributed by atoms with E-state index >= 15 is 0 Å². The monoisotopic (exact) mass is 248 g/mol. The first kappa shape index (κ1) is 13.3. The molecule has 0 aromatic heterocycles. The van der Waals surface area contributed by atoms with Gasteiger partial charge >= 0.3 is 0 Å². The molecule has 1 aromatic carbocycles. The predicted molar refractivity (Wildman–Crippen MR) is 51.6 cm³/mol. The molecular weight excluding hydrogens is 240 g/mol. The standard InChI is InChI=1S/C11H8F4O2/c1-16-5-3-4-6-7(12)9(14)11(17-2)10(15)8(6)13/h5H2,1-2H3. The Kier molecular flexibility index (Phi) is 4.35. The zero-order valence-electron chi connectivity index (χ0n) is 9.04. The fourth-order valence-electron chi connectivity index (χ4n) is 1.10. The van der Waals surface area contributed by atoms with E-state index in [1.165, 1.54) is 7.11 Å². The van der Waals surface area contributed by atoms with Crippen LogP contribution in [0, 0.1) is 35.1 Å². The summed E-state index contributed by atoms with van der Waals surface area (Å²) >= 11 is 0. The van der Waals surface area contributed by atoms with Gasteiger partial charge in [-0.15, -0.1) is 0 Å². The predicted octanol–water partition coefficient (Wildman–Crippen LogP) is 2.25. The van der Waals surface area contributed by atoms with E-state index in [0.29, 0.717) is 0 Å². The minimum absolute atomic E-state index is 0.117. The maximum atomic E-state index is 13.3. The summed E-state index contributed by atoms with van der Waals surface area (Å²) in [5, 5.41) is 0. The van der Waals surface area contributed by atoms with Crippen molar-refractivity contribution in [2.24, 2.45) is 0 Å². The Labute approximate surface area is 95.1 Å². The molecule has 0 aliphatic rings. The van der Waals surface area contributed by atoms with Gasteiger partial charge in [-0.05, 0) is 0 Å². The molecule has 0 amide bonds. The first-order valence-corrected chi connectivity index (χ1v) is 4.42. The third-order valence-corrected chi connectivity index (χ3v) is 1.86. The van der Waals surface area contributed by atoms with Crippen molar-refractivity contribution in [3.05, 3.63) is 28.8 Å². The van der Waals surface area contributed by atoms with Gasteiger partial charge in [-0.25, -0.2) is 8.78 Å². The van der Waals surface area contributed by atoms with Crippen molar-refractivity contribution >= 4 is 0 Å². The third-order valence-electron chi connectivity index (χ3n) is 1.86. The molecule has 1 rings (SSSR count). The SMILES string of the molecule is COCC#Cc1c(F)c(F)c(OC)c(F)c1F. The van der Waals surface area contributed by atoms with Crippen LogP contribution in [0.5, 0.6) is 5.75 Å². The van der Waals surface area contributed by atoms with Crippen LogP contribution in [0.3, 0.4) is 0 Å². The normalized spacial score (nSPS) is 9.76. The number of hydrogen-bond donors (Lipinski definition) is 0. The second-order valence-corrected chi connectivity index (χ2v) is 2.90. The lowest BCUT2D eigenvalue weighted by molar-refractivity contribution is 0.239. The molecule has 17 heavy (non-hydrogen) atoms.